The SMILES string of the molecule is Cc1ccc(S(=O)(=O)CNC(=O)C(=O)CC[C@H](N)C=O)cc1. The van der Waals surface area contributed by atoms with Crippen molar-refractivity contribution in [2.24, 2.45) is 5.73 Å². The second-order valence-electron chi connectivity index (χ2n) is 4.84. The van der Waals surface area contributed by atoms with Gasteiger partial charge in [0.05, 0.1) is 10.9 Å². The number of carbonyl (C=O) groups is 3. The maximum absolute atomic E-state index is 12.0. The van der Waals surface area contributed by atoms with Gasteiger partial charge in [0.15, 0.2) is 9.84 Å². The second-order valence-corrected chi connectivity index (χ2v) is 6.83. The average Bonchev–Trinajstić information content (AvgIpc) is 2.50. The summed E-state index contributed by atoms with van der Waals surface area (Å²) in [7, 11) is -3.71. The van der Waals surface area contributed by atoms with Crippen LogP contribution in [0.1, 0.15) is 18.4 Å². The minimum Gasteiger partial charge on any atom is -0.335 e. The van der Waals surface area contributed by atoms with Crippen LogP contribution in [-0.2, 0) is 24.2 Å². The molecule has 0 aliphatic rings. The molecule has 0 aliphatic carbocycles. The Hall–Kier alpha value is -2.06. The van der Waals surface area contributed by atoms with Crippen molar-refractivity contribution in [3.8, 4) is 0 Å². The number of aldehydes is 1. The molecule has 0 saturated carbocycles. The molecule has 1 aromatic carbocycles. The van der Waals surface area contributed by atoms with Crippen LogP contribution in [0.15, 0.2) is 29.2 Å². The number of nitrogens with one attached hydrogen (secondary N) is 1. The number of rotatable bonds is 8. The van der Waals surface area contributed by atoms with Gasteiger partial charge in [0.2, 0.25) is 5.78 Å². The molecule has 1 amide bonds. The van der Waals surface area contributed by atoms with Gasteiger partial charge in [-0.25, -0.2) is 8.42 Å². The minimum absolute atomic E-state index is 0.0421. The van der Waals surface area contributed by atoms with Gasteiger partial charge in [-0.2, -0.15) is 0 Å². The van der Waals surface area contributed by atoms with E-state index in [2.05, 4.69) is 5.32 Å². The van der Waals surface area contributed by atoms with E-state index in [0.717, 1.165) is 5.56 Å². The molecule has 0 bridgehead atoms. The lowest BCUT2D eigenvalue weighted by atomic mass is 10.1. The molecule has 0 aromatic heterocycles. The van der Waals surface area contributed by atoms with E-state index >= 15 is 0 Å². The molecule has 1 rings (SSSR count). The molecule has 3 N–H and O–H groups in total. The van der Waals surface area contributed by atoms with Gasteiger partial charge in [0, 0.05) is 6.42 Å². The van der Waals surface area contributed by atoms with Gasteiger partial charge in [-0.15, -0.1) is 0 Å². The first kappa shape index (κ1) is 18.0. The Labute approximate surface area is 128 Å². The molecule has 0 fully saturated rings. The third-order valence-corrected chi connectivity index (χ3v) is 4.45. The zero-order chi connectivity index (χ0) is 16.8. The highest BCUT2D eigenvalue weighted by atomic mass is 32.2. The van der Waals surface area contributed by atoms with E-state index in [4.69, 9.17) is 5.73 Å². The number of carbonyl (C=O) groups excluding carboxylic acids is 3. The van der Waals surface area contributed by atoms with Crippen molar-refractivity contribution in [2.75, 3.05) is 5.88 Å². The van der Waals surface area contributed by atoms with Gasteiger partial charge >= 0.3 is 0 Å². The summed E-state index contributed by atoms with van der Waals surface area (Å²) in [6.07, 6.45) is 0.309. The average molecular weight is 326 g/mol. The molecule has 7 nitrogen and oxygen atoms in total. The fourth-order valence-electron chi connectivity index (χ4n) is 1.57. The maximum atomic E-state index is 12.0. The summed E-state index contributed by atoms with van der Waals surface area (Å²) in [4.78, 5) is 33.4. The zero-order valence-corrected chi connectivity index (χ0v) is 12.9. The first-order chi connectivity index (χ1) is 10.3. The first-order valence-electron chi connectivity index (χ1n) is 6.57. The molecule has 120 valence electrons. The Bertz CT molecular complexity index is 652. The monoisotopic (exact) mass is 326 g/mol. The zero-order valence-electron chi connectivity index (χ0n) is 12.1. The Balaban J connectivity index is 2.57. The fourth-order valence-corrected chi connectivity index (χ4v) is 2.61. The van der Waals surface area contributed by atoms with Gasteiger partial charge in [-0.05, 0) is 25.5 Å². The lowest BCUT2D eigenvalue weighted by Gasteiger charge is -2.07. The van der Waals surface area contributed by atoms with E-state index in [1.54, 1.807) is 12.1 Å². The van der Waals surface area contributed by atoms with E-state index in [0.29, 0.717) is 6.29 Å². The van der Waals surface area contributed by atoms with Crippen LogP contribution in [0.5, 0.6) is 0 Å². The maximum Gasteiger partial charge on any atom is 0.288 e. The summed E-state index contributed by atoms with van der Waals surface area (Å²) in [6, 6.07) is 5.33. The Kier molecular flexibility index (Phi) is 6.39. The van der Waals surface area contributed by atoms with Crippen molar-refractivity contribution in [2.45, 2.75) is 30.7 Å². The number of hydrogen-bond donors (Lipinski definition) is 2. The van der Waals surface area contributed by atoms with Crippen LogP contribution in [0.25, 0.3) is 0 Å². The molecule has 0 aliphatic heterocycles. The lowest BCUT2D eigenvalue weighted by molar-refractivity contribution is -0.137. The van der Waals surface area contributed by atoms with Gasteiger partial charge in [-0.1, -0.05) is 17.7 Å². The smallest absolute Gasteiger partial charge is 0.288 e. The lowest BCUT2D eigenvalue weighted by Crippen LogP contribution is -2.35. The Morgan fingerprint density at radius 1 is 1.27 bits per heavy atom. The van der Waals surface area contributed by atoms with Crippen molar-refractivity contribution >= 4 is 27.8 Å². The van der Waals surface area contributed by atoms with Crippen molar-refractivity contribution in [3.05, 3.63) is 29.8 Å². The van der Waals surface area contributed by atoms with E-state index in [9.17, 15) is 22.8 Å². The molecule has 0 spiro atoms. The molecule has 1 aromatic rings. The van der Waals surface area contributed by atoms with Crippen LogP contribution in [-0.4, -0.2) is 38.3 Å². The quantitative estimate of drug-likeness (QED) is 0.500. The second kappa shape index (κ2) is 7.81. The summed E-state index contributed by atoms with van der Waals surface area (Å²) in [5.41, 5.74) is 6.21. The number of benzene rings is 1. The van der Waals surface area contributed by atoms with Crippen molar-refractivity contribution in [3.63, 3.8) is 0 Å². The van der Waals surface area contributed by atoms with E-state index in [1.807, 2.05) is 6.92 Å². The standard InChI is InChI=1S/C14H18N2O5S/c1-10-2-5-12(6-3-10)22(20,21)9-16-14(19)13(18)7-4-11(15)8-17/h2-3,5-6,8,11H,4,7,9,15H2,1H3,(H,16,19)/t11-/m0/s1. The van der Waals surface area contributed by atoms with E-state index in [-0.39, 0.29) is 17.7 Å². The van der Waals surface area contributed by atoms with Crippen LogP contribution in [0, 0.1) is 6.92 Å². The van der Waals surface area contributed by atoms with Crippen LogP contribution >= 0.6 is 0 Å². The van der Waals surface area contributed by atoms with Crippen LogP contribution < -0.4 is 11.1 Å². The van der Waals surface area contributed by atoms with Crippen LogP contribution in [0.4, 0.5) is 0 Å². The summed E-state index contributed by atoms with van der Waals surface area (Å²) >= 11 is 0. The first-order valence-corrected chi connectivity index (χ1v) is 8.23. The topological polar surface area (TPSA) is 123 Å². The van der Waals surface area contributed by atoms with Crippen molar-refractivity contribution < 1.29 is 22.8 Å². The summed E-state index contributed by atoms with van der Waals surface area (Å²) < 4.78 is 24.0. The normalized spacial score (nSPS) is 12.5. The highest BCUT2D eigenvalue weighted by Gasteiger charge is 2.19. The van der Waals surface area contributed by atoms with Gasteiger partial charge in [0.25, 0.3) is 5.91 Å². The minimum atomic E-state index is -3.71. The molecule has 22 heavy (non-hydrogen) atoms. The number of aryl methyl sites for hydroxylation is 1. The molecule has 1 atom stereocenters. The number of hydrogen-bond acceptors (Lipinski definition) is 6. The Morgan fingerprint density at radius 3 is 2.41 bits per heavy atom. The summed E-state index contributed by atoms with van der Waals surface area (Å²) in [5.74, 6) is -2.48. The number of sulfone groups is 1. The third kappa shape index (κ3) is 5.38. The van der Waals surface area contributed by atoms with Gasteiger partial charge in [0.1, 0.15) is 12.2 Å². The fraction of sp³-hybridized carbons (Fsp3) is 0.357. The number of nitrogens with two attached hydrogens (primary N) is 1. The van der Waals surface area contributed by atoms with Gasteiger partial charge in [-0.3, -0.25) is 9.59 Å². The number of amides is 1. The van der Waals surface area contributed by atoms with Crippen molar-refractivity contribution in [1.29, 1.82) is 0 Å². The molecule has 0 radical (unpaired) electrons. The van der Waals surface area contributed by atoms with E-state index < -0.39 is 33.4 Å². The van der Waals surface area contributed by atoms with Crippen LogP contribution in [0.2, 0.25) is 0 Å². The predicted molar refractivity (Wildman–Crippen MR) is 79.7 cm³/mol. The Morgan fingerprint density at radius 2 is 1.86 bits per heavy atom. The van der Waals surface area contributed by atoms with Gasteiger partial charge < -0.3 is 15.8 Å². The largest absolute Gasteiger partial charge is 0.335 e. The van der Waals surface area contributed by atoms with Crippen molar-refractivity contribution in [1.82, 2.24) is 5.32 Å². The number of Topliss-reactive ketones (excluding diaryl/α,β-unsaturated/α-hetero) is 1. The molecular formula is C14H18N2O5S. The predicted octanol–water partition coefficient (Wildman–Crippen LogP) is -0.282. The molecular weight excluding hydrogens is 308 g/mol. The summed E-state index contributed by atoms with van der Waals surface area (Å²) in [5, 5.41) is 2.07. The molecule has 0 unspecified atom stereocenters. The summed E-state index contributed by atoms with van der Waals surface area (Å²) in [6.45, 7) is 1.82. The highest BCUT2D eigenvalue weighted by molar-refractivity contribution is 7.91. The van der Waals surface area contributed by atoms with E-state index in [1.165, 1.54) is 12.1 Å². The molecule has 0 heterocycles. The molecule has 8 heteroatoms. The number of ketones is 1. The highest BCUT2D eigenvalue weighted by Crippen LogP contribution is 2.11. The third-order valence-electron chi connectivity index (χ3n) is 2.94. The molecule has 0 saturated heterocycles. The van der Waals surface area contributed by atoms with Crippen LogP contribution in [0.3, 0.4) is 0 Å².